The number of hydrogen-bond donors (Lipinski definition) is 2. The molecular formula is C24H19N3O4. The Balaban J connectivity index is 1.57. The van der Waals surface area contributed by atoms with E-state index in [1.807, 2.05) is 19.1 Å². The van der Waals surface area contributed by atoms with Crippen molar-refractivity contribution >= 4 is 40.7 Å². The lowest BCUT2D eigenvalue weighted by molar-refractivity contribution is -0.114. The van der Waals surface area contributed by atoms with E-state index in [4.69, 9.17) is 0 Å². The van der Waals surface area contributed by atoms with Gasteiger partial charge in [-0.05, 0) is 61.5 Å². The van der Waals surface area contributed by atoms with E-state index in [9.17, 15) is 19.2 Å². The summed E-state index contributed by atoms with van der Waals surface area (Å²) in [6, 6.07) is 18.2. The number of aryl methyl sites for hydroxylation is 1. The van der Waals surface area contributed by atoms with E-state index in [2.05, 4.69) is 10.6 Å². The molecule has 0 fully saturated rings. The van der Waals surface area contributed by atoms with E-state index < -0.39 is 11.8 Å². The summed E-state index contributed by atoms with van der Waals surface area (Å²) in [5.41, 5.74) is 3.34. The molecule has 0 saturated heterocycles. The summed E-state index contributed by atoms with van der Waals surface area (Å²) in [5, 5.41) is 5.42. The van der Waals surface area contributed by atoms with Crippen LogP contribution in [0.4, 0.5) is 17.1 Å². The van der Waals surface area contributed by atoms with Crippen molar-refractivity contribution in [2.45, 2.75) is 13.8 Å². The van der Waals surface area contributed by atoms with Gasteiger partial charge in [0.2, 0.25) is 5.91 Å². The molecule has 3 aromatic rings. The van der Waals surface area contributed by atoms with Crippen LogP contribution in [0.3, 0.4) is 0 Å². The average Bonchev–Trinajstić information content (AvgIpc) is 3.00. The quantitative estimate of drug-likeness (QED) is 0.632. The zero-order valence-corrected chi connectivity index (χ0v) is 16.9. The molecule has 31 heavy (non-hydrogen) atoms. The summed E-state index contributed by atoms with van der Waals surface area (Å²) in [6.07, 6.45) is 0. The van der Waals surface area contributed by atoms with Crippen molar-refractivity contribution in [1.29, 1.82) is 0 Å². The summed E-state index contributed by atoms with van der Waals surface area (Å²) in [7, 11) is 0. The van der Waals surface area contributed by atoms with Crippen LogP contribution < -0.4 is 15.5 Å². The van der Waals surface area contributed by atoms with Crippen molar-refractivity contribution in [2.24, 2.45) is 0 Å². The molecule has 4 rings (SSSR count). The molecule has 0 bridgehead atoms. The lowest BCUT2D eigenvalue weighted by Gasteiger charge is -2.14. The fourth-order valence-electron chi connectivity index (χ4n) is 3.35. The number of anilines is 3. The molecule has 154 valence electrons. The Bertz CT molecular complexity index is 1210. The van der Waals surface area contributed by atoms with E-state index in [0.717, 1.165) is 10.5 Å². The highest BCUT2D eigenvalue weighted by Gasteiger charge is 2.37. The number of nitrogens with one attached hydrogen (secondary N) is 2. The van der Waals surface area contributed by atoms with E-state index in [1.165, 1.54) is 25.1 Å². The first-order valence-electron chi connectivity index (χ1n) is 9.62. The molecule has 3 aromatic carbocycles. The maximum absolute atomic E-state index is 12.9. The monoisotopic (exact) mass is 413 g/mol. The first-order chi connectivity index (χ1) is 14.8. The fourth-order valence-corrected chi connectivity index (χ4v) is 3.35. The molecule has 0 radical (unpaired) electrons. The highest BCUT2D eigenvalue weighted by molar-refractivity contribution is 6.34. The predicted octanol–water partition coefficient (Wildman–Crippen LogP) is 4.01. The SMILES string of the molecule is CC(=O)Nc1ccc(N2C(=O)c3ccc(C(=O)Nc4ccc(C)cc4)cc3C2=O)cc1. The normalized spacial score (nSPS) is 12.5. The highest BCUT2D eigenvalue weighted by Crippen LogP contribution is 2.30. The van der Waals surface area contributed by atoms with Gasteiger partial charge in [0.1, 0.15) is 0 Å². The predicted molar refractivity (Wildman–Crippen MR) is 117 cm³/mol. The van der Waals surface area contributed by atoms with Crippen LogP contribution >= 0.6 is 0 Å². The van der Waals surface area contributed by atoms with Gasteiger partial charge in [-0.15, -0.1) is 0 Å². The van der Waals surface area contributed by atoms with Crippen molar-refractivity contribution in [1.82, 2.24) is 0 Å². The molecule has 0 spiro atoms. The Hall–Kier alpha value is -4.26. The van der Waals surface area contributed by atoms with E-state index >= 15 is 0 Å². The molecule has 7 heteroatoms. The van der Waals surface area contributed by atoms with Gasteiger partial charge in [0.05, 0.1) is 16.8 Å². The summed E-state index contributed by atoms with van der Waals surface area (Å²) in [4.78, 5) is 50.6. The summed E-state index contributed by atoms with van der Waals surface area (Å²) in [5.74, 6) is -1.55. The lowest BCUT2D eigenvalue weighted by Crippen LogP contribution is -2.29. The highest BCUT2D eigenvalue weighted by atomic mass is 16.2. The molecule has 4 amide bonds. The number of rotatable bonds is 4. The average molecular weight is 413 g/mol. The van der Waals surface area contributed by atoms with Crippen LogP contribution in [0, 0.1) is 6.92 Å². The van der Waals surface area contributed by atoms with Gasteiger partial charge in [-0.1, -0.05) is 17.7 Å². The molecule has 0 unspecified atom stereocenters. The van der Waals surface area contributed by atoms with Crippen LogP contribution in [0.5, 0.6) is 0 Å². The van der Waals surface area contributed by atoms with Crippen molar-refractivity contribution < 1.29 is 19.2 Å². The van der Waals surface area contributed by atoms with E-state index in [-0.39, 0.29) is 28.5 Å². The van der Waals surface area contributed by atoms with Crippen molar-refractivity contribution in [2.75, 3.05) is 15.5 Å². The van der Waals surface area contributed by atoms with E-state index in [1.54, 1.807) is 36.4 Å². The maximum atomic E-state index is 12.9. The third kappa shape index (κ3) is 3.93. The van der Waals surface area contributed by atoms with Gasteiger partial charge in [0.25, 0.3) is 17.7 Å². The zero-order valence-electron chi connectivity index (χ0n) is 16.9. The number of fused-ring (bicyclic) bond motifs is 1. The number of amides is 4. The van der Waals surface area contributed by atoms with Gasteiger partial charge in [-0.3, -0.25) is 19.2 Å². The summed E-state index contributed by atoms with van der Waals surface area (Å²) >= 11 is 0. The fraction of sp³-hybridized carbons (Fsp3) is 0.0833. The Morgan fingerprint density at radius 3 is 1.97 bits per heavy atom. The molecule has 7 nitrogen and oxygen atoms in total. The van der Waals surface area contributed by atoms with Crippen LogP contribution in [0.15, 0.2) is 66.7 Å². The smallest absolute Gasteiger partial charge is 0.266 e. The second-order valence-electron chi connectivity index (χ2n) is 7.25. The lowest BCUT2D eigenvalue weighted by atomic mass is 10.1. The standard InChI is InChI=1S/C24H19N3O4/c1-14-3-6-18(7-4-14)26-22(29)16-5-12-20-21(13-16)24(31)27(23(20)30)19-10-8-17(9-11-19)25-15(2)28/h3-13H,1-2H3,(H,25,28)(H,26,29). The van der Waals surface area contributed by atoms with Gasteiger partial charge in [-0.25, -0.2) is 4.90 Å². The van der Waals surface area contributed by atoms with Crippen molar-refractivity contribution in [3.8, 4) is 0 Å². The van der Waals surface area contributed by atoms with Gasteiger partial charge in [0, 0.05) is 23.9 Å². The number of carbonyl (C=O) groups is 4. The van der Waals surface area contributed by atoms with Crippen LogP contribution in [0.2, 0.25) is 0 Å². The Morgan fingerprint density at radius 1 is 0.742 bits per heavy atom. The number of imide groups is 1. The Morgan fingerprint density at radius 2 is 1.32 bits per heavy atom. The van der Waals surface area contributed by atoms with Crippen LogP contribution in [0.25, 0.3) is 0 Å². The number of benzene rings is 3. The minimum atomic E-state index is -0.503. The number of carbonyl (C=O) groups excluding carboxylic acids is 4. The molecule has 0 aliphatic carbocycles. The first kappa shape index (κ1) is 20.0. The Kier molecular flexibility index (Phi) is 5.09. The van der Waals surface area contributed by atoms with E-state index in [0.29, 0.717) is 17.1 Å². The molecule has 1 heterocycles. The van der Waals surface area contributed by atoms with Crippen molar-refractivity contribution in [3.05, 3.63) is 89.0 Å². The third-order valence-electron chi connectivity index (χ3n) is 4.90. The minimum Gasteiger partial charge on any atom is -0.326 e. The zero-order chi connectivity index (χ0) is 22.1. The first-order valence-corrected chi connectivity index (χ1v) is 9.62. The van der Waals surface area contributed by atoms with Crippen LogP contribution in [-0.2, 0) is 4.79 Å². The summed E-state index contributed by atoms with van der Waals surface area (Å²) in [6.45, 7) is 3.35. The number of hydrogen-bond acceptors (Lipinski definition) is 4. The molecule has 2 N–H and O–H groups in total. The topological polar surface area (TPSA) is 95.6 Å². The second kappa shape index (κ2) is 7.87. The van der Waals surface area contributed by atoms with Crippen LogP contribution in [-0.4, -0.2) is 23.6 Å². The number of nitrogens with zero attached hydrogens (tertiary/aromatic N) is 1. The van der Waals surface area contributed by atoms with Gasteiger partial charge in [0.15, 0.2) is 0 Å². The van der Waals surface area contributed by atoms with Gasteiger partial charge < -0.3 is 10.6 Å². The summed E-state index contributed by atoms with van der Waals surface area (Å²) < 4.78 is 0. The second-order valence-corrected chi connectivity index (χ2v) is 7.25. The molecule has 0 aromatic heterocycles. The largest absolute Gasteiger partial charge is 0.326 e. The third-order valence-corrected chi connectivity index (χ3v) is 4.90. The molecule has 1 aliphatic rings. The maximum Gasteiger partial charge on any atom is 0.266 e. The molecule has 1 aliphatic heterocycles. The molecular weight excluding hydrogens is 394 g/mol. The minimum absolute atomic E-state index is 0.174. The van der Waals surface area contributed by atoms with Crippen molar-refractivity contribution in [3.63, 3.8) is 0 Å². The molecule has 0 atom stereocenters. The molecule has 0 saturated carbocycles. The van der Waals surface area contributed by atoms with Gasteiger partial charge >= 0.3 is 0 Å². The van der Waals surface area contributed by atoms with Crippen LogP contribution in [0.1, 0.15) is 43.6 Å². The van der Waals surface area contributed by atoms with Gasteiger partial charge in [-0.2, -0.15) is 0 Å². The Labute approximate surface area is 178 Å².